The van der Waals surface area contributed by atoms with E-state index >= 15 is 0 Å². The van der Waals surface area contributed by atoms with Crippen LogP contribution in [0.1, 0.15) is 5.56 Å². The fourth-order valence-electron chi connectivity index (χ4n) is 0.914. The lowest BCUT2D eigenvalue weighted by Gasteiger charge is -1.99. The molecule has 13 heavy (non-hydrogen) atoms. The largest absolute Gasteiger partial charge is 0.387 e. The Labute approximate surface area is 77.3 Å². The number of amides is 1. The third-order valence-corrected chi connectivity index (χ3v) is 1.51. The monoisotopic (exact) mass is 176 g/mol. The lowest BCUT2D eigenvalue weighted by Crippen LogP contribution is -2.10. The van der Waals surface area contributed by atoms with Crippen LogP contribution in [0.25, 0.3) is 0 Å². The second kappa shape index (κ2) is 4.98. The highest BCUT2D eigenvalue weighted by atomic mass is 16.1. The Morgan fingerprint density at radius 1 is 1.38 bits per heavy atom. The average molecular weight is 176 g/mol. The molecule has 0 fully saturated rings. The zero-order valence-electron chi connectivity index (χ0n) is 7.23. The molecule has 1 rings (SSSR count). The van der Waals surface area contributed by atoms with E-state index in [2.05, 4.69) is 5.32 Å². The predicted molar refractivity (Wildman–Crippen MR) is 51.6 cm³/mol. The second-order valence-electron chi connectivity index (χ2n) is 2.60. The Bertz CT molecular complexity index is 293. The van der Waals surface area contributed by atoms with E-state index in [1.807, 2.05) is 30.3 Å². The van der Waals surface area contributed by atoms with Gasteiger partial charge in [-0.15, -0.1) is 0 Å². The predicted octanol–water partition coefficient (Wildman–Crippen LogP) is 0.775. The summed E-state index contributed by atoms with van der Waals surface area (Å²) in [5.74, 6) is -0.444. The minimum absolute atomic E-state index is 0.444. The summed E-state index contributed by atoms with van der Waals surface area (Å²) < 4.78 is 0. The van der Waals surface area contributed by atoms with Gasteiger partial charge in [-0.05, 0) is 5.56 Å². The van der Waals surface area contributed by atoms with Crippen molar-refractivity contribution in [1.29, 1.82) is 0 Å². The van der Waals surface area contributed by atoms with Crippen LogP contribution in [0.4, 0.5) is 0 Å². The normalized spacial score (nSPS) is 10.2. The third kappa shape index (κ3) is 3.96. The molecule has 1 amide bonds. The summed E-state index contributed by atoms with van der Waals surface area (Å²) in [4.78, 5) is 10.3. The molecular formula is C10H12N2O. The Balaban J connectivity index is 2.32. The van der Waals surface area contributed by atoms with Crippen LogP contribution in [-0.4, -0.2) is 5.91 Å². The van der Waals surface area contributed by atoms with Gasteiger partial charge in [-0.25, -0.2) is 0 Å². The molecule has 1 aromatic carbocycles. The van der Waals surface area contributed by atoms with Crippen LogP contribution < -0.4 is 11.1 Å². The highest BCUT2D eigenvalue weighted by molar-refractivity contribution is 5.85. The van der Waals surface area contributed by atoms with E-state index in [0.717, 1.165) is 5.56 Å². The van der Waals surface area contributed by atoms with E-state index in [-0.39, 0.29) is 0 Å². The van der Waals surface area contributed by atoms with Crippen molar-refractivity contribution >= 4 is 5.91 Å². The molecule has 0 radical (unpaired) electrons. The summed E-state index contributed by atoms with van der Waals surface area (Å²) in [6, 6.07) is 9.91. The molecule has 0 saturated carbocycles. The van der Waals surface area contributed by atoms with Gasteiger partial charge in [0, 0.05) is 18.8 Å². The molecular weight excluding hydrogens is 164 g/mol. The van der Waals surface area contributed by atoms with E-state index in [1.165, 1.54) is 6.08 Å². The molecule has 0 aliphatic heterocycles. The summed E-state index contributed by atoms with van der Waals surface area (Å²) in [6.45, 7) is 0.699. The van der Waals surface area contributed by atoms with Gasteiger partial charge in [-0.1, -0.05) is 30.3 Å². The fourth-order valence-corrected chi connectivity index (χ4v) is 0.914. The number of carbonyl (C=O) groups is 1. The Kier molecular flexibility index (Phi) is 3.57. The van der Waals surface area contributed by atoms with Crippen LogP contribution in [0.15, 0.2) is 42.6 Å². The van der Waals surface area contributed by atoms with E-state index in [9.17, 15) is 4.79 Å². The lowest BCUT2D eigenvalue weighted by atomic mass is 10.2. The van der Waals surface area contributed by atoms with Crippen molar-refractivity contribution in [2.24, 2.45) is 5.73 Å². The van der Waals surface area contributed by atoms with Gasteiger partial charge in [-0.3, -0.25) is 4.79 Å². The first-order chi connectivity index (χ1) is 6.29. The topological polar surface area (TPSA) is 55.1 Å². The van der Waals surface area contributed by atoms with Gasteiger partial charge in [0.15, 0.2) is 0 Å². The summed E-state index contributed by atoms with van der Waals surface area (Å²) >= 11 is 0. The minimum Gasteiger partial charge on any atom is -0.387 e. The maximum Gasteiger partial charge on any atom is 0.242 e. The number of nitrogens with two attached hydrogens (primary N) is 1. The van der Waals surface area contributed by atoms with Crippen LogP contribution in [-0.2, 0) is 11.3 Å². The fraction of sp³-hybridized carbons (Fsp3) is 0.100. The van der Waals surface area contributed by atoms with E-state index in [0.29, 0.717) is 6.54 Å². The van der Waals surface area contributed by atoms with Gasteiger partial charge in [0.1, 0.15) is 0 Å². The molecule has 3 N–H and O–H groups in total. The number of benzene rings is 1. The Morgan fingerprint density at radius 3 is 2.69 bits per heavy atom. The van der Waals surface area contributed by atoms with Crippen LogP contribution >= 0.6 is 0 Å². The SMILES string of the molecule is NC(=O)/C=C/NCc1ccccc1. The Morgan fingerprint density at radius 2 is 2.08 bits per heavy atom. The minimum atomic E-state index is -0.444. The molecule has 3 heteroatoms. The molecule has 3 nitrogen and oxygen atoms in total. The molecule has 68 valence electrons. The van der Waals surface area contributed by atoms with Crippen molar-refractivity contribution in [2.75, 3.05) is 0 Å². The molecule has 0 bridgehead atoms. The van der Waals surface area contributed by atoms with Crippen LogP contribution in [0.5, 0.6) is 0 Å². The van der Waals surface area contributed by atoms with Gasteiger partial charge in [0.25, 0.3) is 0 Å². The van der Waals surface area contributed by atoms with Gasteiger partial charge in [0.2, 0.25) is 5.91 Å². The lowest BCUT2D eigenvalue weighted by molar-refractivity contribution is -0.113. The molecule has 0 aliphatic carbocycles. The molecule has 0 aromatic heterocycles. The molecule has 0 spiro atoms. The summed E-state index contributed by atoms with van der Waals surface area (Å²) in [7, 11) is 0. The van der Waals surface area contributed by atoms with Gasteiger partial charge >= 0.3 is 0 Å². The summed E-state index contributed by atoms with van der Waals surface area (Å²) in [6.07, 6.45) is 2.85. The smallest absolute Gasteiger partial charge is 0.242 e. The zero-order chi connectivity index (χ0) is 9.52. The number of carbonyl (C=O) groups excluding carboxylic acids is 1. The van der Waals surface area contributed by atoms with Crippen LogP contribution in [0.2, 0.25) is 0 Å². The molecule has 0 aliphatic rings. The van der Waals surface area contributed by atoms with Crippen molar-refractivity contribution in [3.8, 4) is 0 Å². The van der Waals surface area contributed by atoms with Crippen LogP contribution in [0.3, 0.4) is 0 Å². The first-order valence-corrected chi connectivity index (χ1v) is 4.02. The number of nitrogens with one attached hydrogen (secondary N) is 1. The standard InChI is InChI=1S/C10H12N2O/c11-10(13)6-7-12-8-9-4-2-1-3-5-9/h1-7,12H,8H2,(H2,11,13)/b7-6+. The Hall–Kier alpha value is -1.77. The van der Waals surface area contributed by atoms with E-state index < -0.39 is 5.91 Å². The average Bonchev–Trinajstić information content (AvgIpc) is 2.14. The van der Waals surface area contributed by atoms with Crippen molar-refractivity contribution in [3.63, 3.8) is 0 Å². The number of hydrogen-bond donors (Lipinski definition) is 2. The van der Waals surface area contributed by atoms with Crippen molar-refractivity contribution in [2.45, 2.75) is 6.54 Å². The molecule has 1 aromatic rings. The second-order valence-corrected chi connectivity index (χ2v) is 2.60. The molecule has 0 heterocycles. The van der Waals surface area contributed by atoms with E-state index in [1.54, 1.807) is 6.20 Å². The summed E-state index contributed by atoms with van der Waals surface area (Å²) in [5, 5.41) is 2.95. The molecule has 0 saturated heterocycles. The number of rotatable bonds is 4. The number of hydrogen-bond acceptors (Lipinski definition) is 2. The van der Waals surface area contributed by atoms with Crippen LogP contribution in [0, 0.1) is 0 Å². The first kappa shape index (κ1) is 9.32. The molecule has 0 unspecified atom stereocenters. The summed E-state index contributed by atoms with van der Waals surface area (Å²) in [5.41, 5.74) is 6.07. The van der Waals surface area contributed by atoms with Gasteiger partial charge < -0.3 is 11.1 Å². The first-order valence-electron chi connectivity index (χ1n) is 4.02. The van der Waals surface area contributed by atoms with E-state index in [4.69, 9.17) is 5.73 Å². The number of primary amides is 1. The van der Waals surface area contributed by atoms with Crippen molar-refractivity contribution in [1.82, 2.24) is 5.32 Å². The zero-order valence-corrected chi connectivity index (χ0v) is 7.23. The van der Waals surface area contributed by atoms with Crippen molar-refractivity contribution in [3.05, 3.63) is 48.2 Å². The highest BCUT2D eigenvalue weighted by Crippen LogP contribution is 1.96. The molecule has 0 atom stereocenters. The maximum absolute atomic E-state index is 10.3. The maximum atomic E-state index is 10.3. The quantitative estimate of drug-likeness (QED) is 0.666. The van der Waals surface area contributed by atoms with Crippen molar-refractivity contribution < 1.29 is 4.79 Å². The van der Waals surface area contributed by atoms with Gasteiger partial charge in [-0.2, -0.15) is 0 Å². The van der Waals surface area contributed by atoms with Gasteiger partial charge in [0.05, 0.1) is 0 Å². The third-order valence-electron chi connectivity index (χ3n) is 1.51. The highest BCUT2D eigenvalue weighted by Gasteiger charge is 1.86.